The number of aromatic nitrogens is 1. The van der Waals surface area contributed by atoms with Gasteiger partial charge in [0, 0.05) is 33.4 Å². The Hall–Kier alpha value is -2.17. The van der Waals surface area contributed by atoms with Crippen molar-refractivity contribution >= 4 is 34.5 Å². The van der Waals surface area contributed by atoms with Gasteiger partial charge in [0.15, 0.2) is 0 Å². The van der Waals surface area contributed by atoms with E-state index in [2.05, 4.69) is 10.3 Å². The van der Waals surface area contributed by atoms with Crippen molar-refractivity contribution in [1.82, 2.24) is 4.98 Å². The van der Waals surface area contributed by atoms with E-state index >= 15 is 0 Å². The van der Waals surface area contributed by atoms with E-state index in [0.717, 1.165) is 16.3 Å². The number of thiazole rings is 1. The molecule has 0 bridgehead atoms. The molecule has 0 unspecified atom stereocenters. The number of nitrogens with zero attached hydrogens (tertiary/aromatic N) is 1. The van der Waals surface area contributed by atoms with Crippen LogP contribution in [0, 0.1) is 0 Å². The van der Waals surface area contributed by atoms with Crippen molar-refractivity contribution in [2.75, 3.05) is 5.32 Å². The fourth-order valence-electron chi connectivity index (χ4n) is 1.87. The van der Waals surface area contributed by atoms with E-state index in [4.69, 9.17) is 11.6 Å². The average molecular weight is 315 g/mol. The smallest absolute Gasteiger partial charge is 0.255 e. The summed E-state index contributed by atoms with van der Waals surface area (Å²) >= 11 is 7.39. The molecule has 0 aliphatic heterocycles. The van der Waals surface area contributed by atoms with E-state index < -0.39 is 0 Å². The van der Waals surface area contributed by atoms with Crippen LogP contribution in [0.25, 0.3) is 10.6 Å². The van der Waals surface area contributed by atoms with Gasteiger partial charge in [0.2, 0.25) is 0 Å². The van der Waals surface area contributed by atoms with Gasteiger partial charge in [-0.3, -0.25) is 4.79 Å². The van der Waals surface area contributed by atoms with Crippen molar-refractivity contribution in [2.45, 2.75) is 0 Å². The molecule has 0 aliphatic carbocycles. The second kappa shape index (κ2) is 6.08. The van der Waals surface area contributed by atoms with Crippen LogP contribution in [0.3, 0.4) is 0 Å². The summed E-state index contributed by atoms with van der Waals surface area (Å²) in [5, 5.41) is 6.36. The maximum atomic E-state index is 12.1. The maximum Gasteiger partial charge on any atom is 0.255 e. The molecule has 3 nitrogen and oxygen atoms in total. The average Bonchev–Trinajstić information content (AvgIpc) is 3.03. The van der Waals surface area contributed by atoms with Gasteiger partial charge in [-0.05, 0) is 48.5 Å². The number of rotatable bonds is 3. The fourth-order valence-corrected chi connectivity index (χ4v) is 2.64. The van der Waals surface area contributed by atoms with Crippen LogP contribution in [0.15, 0.2) is 60.1 Å². The molecule has 1 heterocycles. The van der Waals surface area contributed by atoms with Crippen LogP contribution in [0.5, 0.6) is 0 Å². The molecule has 0 spiro atoms. The minimum atomic E-state index is -0.159. The quantitative estimate of drug-likeness (QED) is 0.760. The number of nitrogens with one attached hydrogen (secondary N) is 1. The highest BCUT2D eigenvalue weighted by Crippen LogP contribution is 2.23. The van der Waals surface area contributed by atoms with E-state index in [1.807, 2.05) is 29.6 Å². The summed E-state index contributed by atoms with van der Waals surface area (Å²) in [6, 6.07) is 14.4. The lowest BCUT2D eigenvalue weighted by Gasteiger charge is -2.06. The number of amides is 1. The summed E-state index contributed by atoms with van der Waals surface area (Å²) < 4.78 is 0. The van der Waals surface area contributed by atoms with Crippen molar-refractivity contribution < 1.29 is 4.79 Å². The van der Waals surface area contributed by atoms with Gasteiger partial charge in [-0.2, -0.15) is 0 Å². The Morgan fingerprint density at radius 1 is 1.05 bits per heavy atom. The van der Waals surface area contributed by atoms with Crippen LogP contribution in [-0.2, 0) is 0 Å². The van der Waals surface area contributed by atoms with E-state index in [1.165, 1.54) is 0 Å². The molecule has 0 saturated carbocycles. The fraction of sp³-hybridized carbons (Fsp3) is 0. The highest BCUT2D eigenvalue weighted by molar-refractivity contribution is 7.13. The highest BCUT2D eigenvalue weighted by atomic mass is 35.5. The lowest BCUT2D eigenvalue weighted by Crippen LogP contribution is -2.11. The highest BCUT2D eigenvalue weighted by Gasteiger charge is 2.06. The summed E-state index contributed by atoms with van der Waals surface area (Å²) in [7, 11) is 0. The minimum absolute atomic E-state index is 0.159. The molecule has 21 heavy (non-hydrogen) atoms. The molecule has 0 atom stereocenters. The molecule has 1 amide bonds. The van der Waals surface area contributed by atoms with Gasteiger partial charge in [0.1, 0.15) is 5.01 Å². The monoisotopic (exact) mass is 314 g/mol. The number of benzene rings is 2. The Morgan fingerprint density at radius 3 is 2.38 bits per heavy atom. The van der Waals surface area contributed by atoms with Crippen LogP contribution in [-0.4, -0.2) is 10.9 Å². The Morgan fingerprint density at radius 2 is 1.76 bits per heavy atom. The molecule has 1 aromatic heterocycles. The number of hydrogen-bond donors (Lipinski definition) is 1. The van der Waals surface area contributed by atoms with Crippen LogP contribution in [0.4, 0.5) is 5.69 Å². The molecular formula is C16H11ClN2OS. The lowest BCUT2D eigenvalue weighted by atomic mass is 10.2. The van der Waals surface area contributed by atoms with E-state index in [9.17, 15) is 4.79 Å². The first-order chi connectivity index (χ1) is 10.2. The molecule has 3 rings (SSSR count). The number of carbonyl (C=O) groups is 1. The van der Waals surface area contributed by atoms with Gasteiger partial charge in [0.05, 0.1) is 0 Å². The first-order valence-corrected chi connectivity index (χ1v) is 7.55. The lowest BCUT2D eigenvalue weighted by molar-refractivity contribution is 0.102. The molecule has 0 saturated heterocycles. The van der Waals surface area contributed by atoms with Crippen molar-refractivity contribution in [2.24, 2.45) is 0 Å². The van der Waals surface area contributed by atoms with Gasteiger partial charge in [-0.1, -0.05) is 11.6 Å². The minimum Gasteiger partial charge on any atom is -0.322 e. The molecule has 1 N–H and O–H groups in total. The van der Waals surface area contributed by atoms with Gasteiger partial charge < -0.3 is 5.32 Å². The summed E-state index contributed by atoms with van der Waals surface area (Å²) in [6.07, 6.45) is 1.77. The van der Waals surface area contributed by atoms with Gasteiger partial charge in [-0.25, -0.2) is 4.98 Å². The van der Waals surface area contributed by atoms with Gasteiger partial charge in [0.25, 0.3) is 5.91 Å². The first-order valence-electron chi connectivity index (χ1n) is 6.29. The van der Waals surface area contributed by atoms with Crippen molar-refractivity contribution in [3.05, 3.63) is 70.7 Å². The van der Waals surface area contributed by atoms with Crippen molar-refractivity contribution in [3.8, 4) is 10.6 Å². The number of halogens is 1. The van der Waals surface area contributed by atoms with Crippen LogP contribution < -0.4 is 5.32 Å². The van der Waals surface area contributed by atoms with Crippen molar-refractivity contribution in [3.63, 3.8) is 0 Å². The van der Waals surface area contributed by atoms with Crippen LogP contribution in [0.2, 0.25) is 5.02 Å². The normalized spacial score (nSPS) is 10.3. The zero-order valence-electron chi connectivity index (χ0n) is 10.9. The summed E-state index contributed by atoms with van der Waals surface area (Å²) in [4.78, 5) is 16.3. The number of hydrogen-bond acceptors (Lipinski definition) is 3. The largest absolute Gasteiger partial charge is 0.322 e. The third-order valence-electron chi connectivity index (χ3n) is 2.93. The Kier molecular flexibility index (Phi) is 3.99. The summed E-state index contributed by atoms with van der Waals surface area (Å²) in [6.45, 7) is 0. The standard InChI is InChI=1S/C16H11ClN2OS/c17-13-5-1-11(2-6-13)15(20)19-14-7-3-12(4-8-14)16-18-9-10-21-16/h1-10H,(H,19,20). The first kappa shape index (κ1) is 13.8. The molecule has 2 aromatic carbocycles. The Balaban J connectivity index is 1.73. The SMILES string of the molecule is O=C(Nc1ccc(-c2nccs2)cc1)c1ccc(Cl)cc1. The van der Waals surface area contributed by atoms with Gasteiger partial charge >= 0.3 is 0 Å². The van der Waals surface area contributed by atoms with Crippen LogP contribution in [0.1, 0.15) is 10.4 Å². The molecule has 0 radical (unpaired) electrons. The summed E-state index contributed by atoms with van der Waals surface area (Å²) in [5.41, 5.74) is 2.35. The molecule has 104 valence electrons. The summed E-state index contributed by atoms with van der Waals surface area (Å²) in [5.74, 6) is -0.159. The van der Waals surface area contributed by atoms with E-state index in [0.29, 0.717) is 10.6 Å². The molecule has 0 aliphatic rings. The molecule has 3 aromatic rings. The molecule has 5 heteroatoms. The second-order valence-corrected chi connectivity index (χ2v) is 5.71. The van der Waals surface area contributed by atoms with E-state index in [-0.39, 0.29) is 5.91 Å². The zero-order chi connectivity index (χ0) is 14.7. The third kappa shape index (κ3) is 3.29. The predicted molar refractivity (Wildman–Crippen MR) is 87.0 cm³/mol. The van der Waals surface area contributed by atoms with Crippen LogP contribution >= 0.6 is 22.9 Å². The number of carbonyl (C=O) groups excluding carboxylic acids is 1. The van der Waals surface area contributed by atoms with Crippen molar-refractivity contribution in [1.29, 1.82) is 0 Å². The van der Waals surface area contributed by atoms with E-state index in [1.54, 1.807) is 41.8 Å². The molecule has 0 fully saturated rings. The maximum absolute atomic E-state index is 12.1. The number of anilines is 1. The predicted octanol–water partition coefficient (Wildman–Crippen LogP) is 4.72. The Bertz CT molecular complexity index is 737. The topological polar surface area (TPSA) is 42.0 Å². The third-order valence-corrected chi connectivity index (χ3v) is 4.00. The Labute approximate surface area is 131 Å². The molecular weight excluding hydrogens is 304 g/mol. The zero-order valence-corrected chi connectivity index (χ0v) is 12.5. The second-order valence-electron chi connectivity index (χ2n) is 4.38. The van der Waals surface area contributed by atoms with Gasteiger partial charge in [-0.15, -0.1) is 11.3 Å².